The lowest BCUT2D eigenvalue weighted by atomic mass is 10.2. The second-order valence-corrected chi connectivity index (χ2v) is 3.97. The van der Waals surface area contributed by atoms with Crippen molar-refractivity contribution in [3.8, 4) is 0 Å². The van der Waals surface area contributed by atoms with Crippen molar-refractivity contribution < 1.29 is 24.2 Å². The number of methoxy groups -OCH3 is 1. The number of anilines is 1. The lowest BCUT2D eigenvalue weighted by Crippen LogP contribution is -2.21. The topological polar surface area (TPSA) is 84.9 Å². The summed E-state index contributed by atoms with van der Waals surface area (Å²) in [7, 11) is 1.52. The molecule has 0 bridgehead atoms. The highest BCUT2D eigenvalue weighted by atomic mass is 35.5. The van der Waals surface area contributed by atoms with Crippen LogP contribution in [0.25, 0.3) is 0 Å². The first-order chi connectivity index (χ1) is 9.06. The highest BCUT2D eigenvalue weighted by Crippen LogP contribution is 2.25. The maximum Gasteiger partial charge on any atom is 0.337 e. The summed E-state index contributed by atoms with van der Waals surface area (Å²) in [5.74, 6) is -1.65. The first kappa shape index (κ1) is 15.4. The molecule has 0 aliphatic rings. The zero-order valence-corrected chi connectivity index (χ0v) is 11.1. The number of amides is 1. The summed E-state index contributed by atoms with van der Waals surface area (Å²) < 4.78 is 9.78. The summed E-state index contributed by atoms with van der Waals surface area (Å²) in [6.45, 7) is 0.450. The fourth-order valence-corrected chi connectivity index (χ4v) is 1.53. The van der Waals surface area contributed by atoms with Gasteiger partial charge in [-0.25, -0.2) is 4.79 Å². The standard InChI is InChI=1S/C12H14ClNO5/c1-18-5-6-19-7-10(15)14-11-8(12(16)17)3-2-4-9(11)13/h2-4H,5-7H2,1H3,(H,14,15)(H,16,17). The number of benzene rings is 1. The van der Waals surface area contributed by atoms with Gasteiger partial charge in [-0.3, -0.25) is 4.79 Å². The average Bonchev–Trinajstić information content (AvgIpc) is 2.37. The van der Waals surface area contributed by atoms with E-state index in [0.717, 1.165) is 0 Å². The molecule has 1 amide bonds. The Labute approximate surface area is 115 Å². The van der Waals surface area contributed by atoms with Crippen LogP contribution in [-0.4, -0.2) is 43.9 Å². The molecule has 7 heteroatoms. The summed E-state index contributed by atoms with van der Waals surface area (Å²) in [6.07, 6.45) is 0. The van der Waals surface area contributed by atoms with Gasteiger partial charge >= 0.3 is 5.97 Å². The van der Waals surface area contributed by atoms with Gasteiger partial charge in [0.25, 0.3) is 0 Å². The van der Waals surface area contributed by atoms with Crippen molar-refractivity contribution in [1.82, 2.24) is 0 Å². The van der Waals surface area contributed by atoms with Crippen LogP contribution in [0.15, 0.2) is 18.2 Å². The van der Waals surface area contributed by atoms with E-state index in [-0.39, 0.29) is 29.5 Å². The minimum Gasteiger partial charge on any atom is -0.478 e. The van der Waals surface area contributed by atoms with Crippen LogP contribution in [0.4, 0.5) is 5.69 Å². The molecule has 0 fully saturated rings. The van der Waals surface area contributed by atoms with E-state index in [1.54, 1.807) is 0 Å². The molecule has 0 radical (unpaired) electrons. The molecule has 0 spiro atoms. The fraction of sp³-hybridized carbons (Fsp3) is 0.333. The van der Waals surface area contributed by atoms with Gasteiger partial charge in [0.15, 0.2) is 0 Å². The van der Waals surface area contributed by atoms with Crippen LogP contribution in [0.5, 0.6) is 0 Å². The van der Waals surface area contributed by atoms with E-state index in [0.29, 0.717) is 6.61 Å². The minimum atomic E-state index is -1.17. The van der Waals surface area contributed by atoms with Gasteiger partial charge in [-0.15, -0.1) is 0 Å². The first-order valence-electron chi connectivity index (χ1n) is 5.44. The minimum absolute atomic E-state index is 0.0667. The van der Waals surface area contributed by atoms with Crippen molar-refractivity contribution in [2.24, 2.45) is 0 Å². The molecule has 104 valence electrons. The molecule has 1 aromatic rings. The van der Waals surface area contributed by atoms with Crippen LogP contribution in [0, 0.1) is 0 Å². The molecule has 1 aromatic carbocycles. The summed E-state index contributed by atoms with van der Waals surface area (Å²) in [6, 6.07) is 4.35. The van der Waals surface area contributed by atoms with E-state index in [1.807, 2.05) is 0 Å². The van der Waals surface area contributed by atoms with Gasteiger partial charge in [0.05, 0.1) is 29.5 Å². The number of hydrogen-bond acceptors (Lipinski definition) is 4. The predicted octanol–water partition coefficient (Wildman–Crippen LogP) is 1.64. The van der Waals surface area contributed by atoms with Crippen LogP contribution < -0.4 is 5.32 Å². The number of aromatic carboxylic acids is 1. The Bertz CT molecular complexity index is 463. The molecular formula is C12H14ClNO5. The van der Waals surface area contributed by atoms with Crippen molar-refractivity contribution in [1.29, 1.82) is 0 Å². The third kappa shape index (κ3) is 4.86. The molecule has 1 rings (SSSR count). The molecule has 0 atom stereocenters. The summed E-state index contributed by atoms with van der Waals surface area (Å²) in [5.41, 5.74) is -0.00486. The number of rotatable bonds is 7. The number of carbonyl (C=O) groups is 2. The lowest BCUT2D eigenvalue weighted by Gasteiger charge is -2.10. The highest BCUT2D eigenvalue weighted by molar-refractivity contribution is 6.34. The van der Waals surface area contributed by atoms with Crippen molar-refractivity contribution in [3.63, 3.8) is 0 Å². The Morgan fingerprint density at radius 3 is 2.74 bits per heavy atom. The maximum absolute atomic E-state index is 11.6. The van der Waals surface area contributed by atoms with Gasteiger partial charge in [-0.2, -0.15) is 0 Å². The van der Waals surface area contributed by atoms with Gasteiger partial charge in [0.1, 0.15) is 6.61 Å². The van der Waals surface area contributed by atoms with Gasteiger partial charge in [0.2, 0.25) is 5.91 Å². The van der Waals surface area contributed by atoms with E-state index in [4.69, 9.17) is 26.2 Å². The van der Waals surface area contributed by atoms with Gasteiger partial charge < -0.3 is 19.9 Å². The molecule has 0 saturated heterocycles. The Kier molecular flexibility index (Phi) is 6.27. The third-order valence-electron chi connectivity index (χ3n) is 2.17. The number of carbonyl (C=O) groups excluding carboxylic acids is 1. The van der Waals surface area contributed by atoms with Gasteiger partial charge in [-0.05, 0) is 12.1 Å². The molecule has 0 saturated carbocycles. The molecule has 0 aliphatic carbocycles. The summed E-state index contributed by atoms with van der Waals surface area (Å²) in [4.78, 5) is 22.6. The monoisotopic (exact) mass is 287 g/mol. The third-order valence-corrected chi connectivity index (χ3v) is 2.49. The number of carboxylic acids is 1. The number of para-hydroxylation sites is 1. The van der Waals surface area contributed by atoms with Crippen molar-refractivity contribution in [2.45, 2.75) is 0 Å². The lowest BCUT2D eigenvalue weighted by molar-refractivity contribution is -0.121. The summed E-state index contributed by atoms with van der Waals surface area (Å²) in [5, 5.41) is 11.6. The molecule has 19 heavy (non-hydrogen) atoms. The molecule has 2 N–H and O–H groups in total. The van der Waals surface area contributed by atoms with Gasteiger partial charge in [0, 0.05) is 7.11 Å². The maximum atomic E-state index is 11.6. The number of carboxylic acid groups (broad SMARTS) is 1. The van der Waals surface area contributed by atoms with Crippen LogP contribution in [0.2, 0.25) is 5.02 Å². The number of halogens is 1. The molecule has 0 heterocycles. The Balaban J connectivity index is 2.66. The normalized spacial score (nSPS) is 10.2. The van der Waals surface area contributed by atoms with Gasteiger partial charge in [-0.1, -0.05) is 17.7 Å². The molecule has 0 aliphatic heterocycles. The Morgan fingerprint density at radius 1 is 1.37 bits per heavy atom. The largest absolute Gasteiger partial charge is 0.478 e. The molecule has 0 unspecified atom stereocenters. The predicted molar refractivity (Wildman–Crippen MR) is 69.7 cm³/mol. The van der Waals surface area contributed by atoms with E-state index in [1.165, 1.54) is 25.3 Å². The number of nitrogens with one attached hydrogen (secondary N) is 1. The van der Waals surface area contributed by atoms with Crippen molar-refractivity contribution in [2.75, 3.05) is 32.2 Å². The Hall–Kier alpha value is -1.63. The van der Waals surface area contributed by atoms with E-state index in [2.05, 4.69) is 5.32 Å². The second-order valence-electron chi connectivity index (χ2n) is 3.56. The highest BCUT2D eigenvalue weighted by Gasteiger charge is 2.15. The SMILES string of the molecule is COCCOCC(=O)Nc1c(Cl)cccc1C(=O)O. The quantitative estimate of drug-likeness (QED) is 0.745. The molecule has 0 aromatic heterocycles. The fourth-order valence-electron chi connectivity index (χ4n) is 1.31. The van der Waals surface area contributed by atoms with Crippen LogP contribution in [0.3, 0.4) is 0 Å². The summed E-state index contributed by atoms with van der Waals surface area (Å²) >= 11 is 5.86. The second kappa shape index (κ2) is 7.73. The average molecular weight is 288 g/mol. The first-order valence-corrected chi connectivity index (χ1v) is 5.82. The number of hydrogen-bond donors (Lipinski definition) is 2. The van der Waals surface area contributed by atoms with Crippen LogP contribution >= 0.6 is 11.6 Å². The smallest absolute Gasteiger partial charge is 0.337 e. The van der Waals surface area contributed by atoms with E-state index in [9.17, 15) is 9.59 Å². The molecule has 6 nitrogen and oxygen atoms in total. The zero-order chi connectivity index (χ0) is 14.3. The van der Waals surface area contributed by atoms with E-state index >= 15 is 0 Å². The number of ether oxygens (including phenoxy) is 2. The molecular weight excluding hydrogens is 274 g/mol. The van der Waals surface area contributed by atoms with Crippen LogP contribution in [0.1, 0.15) is 10.4 Å². The van der Waals surface area contributed by atoms with E-state index < -0.39 is 11.9 Å². The van der Waals surface area contributed by atoms with Crippen LogP contribution in [-0.2, 0) is 14.3 Å². The Morgan fingerprint density at radius 2 is 2.11 bits per heavy atom. The van der Waals surface area contributed by atoms with Crippen molar-refractivity contribution in [3.05, 3.63) is 28.8 Å². The zero-order valence-electron chi connectivity index (χ0n) is 10.3. The van der Waals surface area contributed by atoms with Crippen molar-refractivity contribution >= 4 is 29.2 Å².